The average Bonchev–Trinajstić information content (AvgIpc) is 2.76. The maximum absolute atomic E-state index is 5.85. The standard InChI is InChI=1S/C13H17NO2/c1-2-4-12-9-16-13(10-5-6-14-7-10)15-8-11(12)3-1/h1-4,10,13-14H,5-9H2. The highest BCUT2D eigenvalue weighted by Gasteiger charge is 2.28. The van der Waals surface area contributed by atoms with E-state index in [0.717, 1.165) is 19.5 Å². The van der Waals surface area contributed by atoms with Crippen LogP contribution in [0.2, 0.25) is 0 Å². The van der Waals surface area contributed by atoms with Crippen LogP contribution in [-0.4, -0.2) is 19.4 Å². The van der Waals surface area contributed by atoms with Gasteiger partial charge < -0.3 is 14.8 Å². The Labute approximate surface area is 95.8 Å². The molecule has 16 heavy (non-hydrogen) atoms. The van der Waals surface area contributed by atoms with Crippen LogP contribution in [0.4, 0.5) is 0 Å². The van der Waals surface area contributed by atoms with E-state index < -0.39 is 0 Å². The second kappa shape index (κ2) is 4.53. The molecule has 3 heteroatoms. The summed E-state index contributed by atoms with van der Waals surface area (Å²) in [6.45, 7) is 3.45. The fourth-order valence-electron chi connectivity index (χ4n) is 2.41. The highest BCUT2D eigenvalue weighted by atomic mass is 16.7. The van der Waals surface area contributed by atoms with Gasteiger partial charge in [0.2, 0.25) is 0 Å². The van der Waals surface area contributed by atoms with Crippen LogP contribution in [0, 0.1) is 5.92 Å². The molecule has 1 fully saturated rings. The fourth-order valence-corrected chi connectivity index (χ4v) is 2.41. The molecule has 1 saturated heterocycles. The van der Waals surface area contributed by atoms with E-state index in [1.807, 2.05) is 0 Å². The van der Waals surface area contributed by atoms with Crippen molar-refractivity contribution in [3.8, 4) is 0 Å². The normalized spacial score (nSPS) is 26.4. The molecule has 1 aromatic carbocycles. The third kappa shape index (κ3) is 1.98. The number of nitrogens with one attached hydrogen (secondary N) is 1. The number of benzene rings is 1. The van der Waals surface area contributed by atoms with Crippen molar-refractivity contribution in [1.82, 2.24) is 5.32 Å². The van der Waals surface area contributed by atoms with Crippen molar-refractivity contribution < 1.29 is 9.47 Å². The van der Waals surface area contributed by atoms with Gasteiger partial charge in [-0.15, -0.1) is 0 Å². The summed E-state index contributed by atoms with van der Waals surface area (Å²) in [5, 5.41) is 3.35. The molecule has 0 saturated carbocycles. The zero-order valence-electron chi connectivity index (χ0n) is 9.32. The molecule has 0 radical (unpaired) electrons. The minimum Gasteiger partial charge on any atom is -0.348 e. The van der Waals surface area contributed by atoms with Gasteiger partial charge in [-0.2, -0.15) is 0 Å². The van der Waals surface area contributed by atoms with Crippen molar-refractivity contribution in [3.05, 3.63) is 35.4 Å². The van der Waals surface area contributed by atoms with Crippen LogP contribution in [0.15, 0.2) is 24.3 Å². The van der Waals surface area contributed by atoms with Crippen LogP contribution in [0.5, 0.6) is 0 Å². The summed E-state index contributed by atoms with van der Waals surface area (Å²) >= 11 is 0. The van der Waals surface area contributed by atoms with Gasteiger partial charge in [-0.1, -0.05) is 24.3 Å². The van der Waals surface area contributed by atoms with Crippen LogP contribution in [-0.2, 0) is 22.7 Å². The van der Waals surface area contributed by atoms with Crippen molar-refractivity contribution >= 4 is 0 Å². The van der Waals surface area contributed by atoms with Gasteiger partial charge in [0.1, 0.15) is 0 Å². The number of rotatable bonds is 1. The Morgan fingerprint density at radius 3 is 2.31 bits per heavy atom. The Bertz CT molecular complexity index is 334. The predicted octanol–water partition coefficient (Wildman–Crippen LogP) is 1.67. The van der Waals surface area contributed by atoms with Gasteiger partial charge in [-0.05, 0) is 24.1 Å². The first-order valence-electron chi connectivity index (χ1n) is 5.94. The van der Waals surface area contributed by atoms with Gasteiger partial charge in [0, 0.05) is 12.5 Å². The lowest BCUT2D eigenvalue weighted by atomic mass is 10.1. The summed E-state index contributed by atoms with van der Waals surface area (Å²) in [5.74, 6) is 0.509. The Hall–Kier alpha value is -0.900. The molecule has 1 N–H and O–H groups in total. The van der Waals surface area contributed by atoms with Crippen molar-refractivity contribution in [2.45, 2.75) is 25.9 Å². The highest BCUT2D eigenvalue weighted by molar-refractivity contribution is 5.26. The van der Waals surface area contributed by atoms with Gasteiger partial charge >= 0.3 is 0 Å². The Balaban J connectivity index is 1.71. The maximum Gasteiger partial charge on any atom is 0.162 e. The van der Waals surface area contributed by atoms with Gasteiger partial charge in [-0.25, -0.2) is 0 Å². The molecule has 86 valence electrons. The molecular formula is C13H17NO2. The lowest BCUT2D eigenvalue weighted by molar-refractivity contribution is -0.174. The van der Waals surface area contributed by atoms with Crippen LogP contribution in [0.25, 0.3) is 0 Å². The van der Waals surface area contributed by atoms with E-state index in [1.165, 1.54) is 11.1 Å². The molecule has 3 rings (SSSR count). The van der Waals surface area contributed by atoms with Crippen LogP contribution < -0.4 is 5.32 Å². The van der Waals surface area contributed by atoms with Crippen LogP contribution in [0.3, 0.4) is 0 Å². The number of hydrogen-bond donors (Lipinski definition) is 1. The van der Waals surface area contributed by atoms with Gasteiger partial charge in [0.05, 0.1) is 13.2 Å². The topological polar surface area (TPSA) is 30.5 Å². The predicted molar refractivity (Wildman–Crippen MR) is 60.8 cm³/mol. The van der Waals surface area contributed by atoms with E-state index in [0.29, 0.717) is 19.1 Å². The summed E-state index contributed by atoms with van der Waals surface area (Å²) in [7, 11) is 0. The zero-order valence-corrected chi connectivity index (χ0v) is 9.32. The third-order valence-corrected chi connectivity index (χ3v) is 3.41. The van der Waals surface area contributed by atoms with Gasteiger partial charge in [0.15, 0.2) is 6.29 Å². The van der Waals surface area contributed by atoms with Crippen molar-refractivity contribution in [2.75, 3.05) is 13.1 Å². The van der Waals surface area contributed by atoms with E-state index in [2.05, 4.69) is 29.6 Å². The monoisotopic (exact) mass is 219 g/mol. The minimum absolute atomic E-state index is 0.0394. The summed E-state index contributed by atoms with van der Waals surface area (Å²) in [6, 6.07) is 8.35. The molecule has 2 aliphatic rings. The Kier molecular flexibility index (Phi) is 2.91. The number of fused-ring (bicyclic) bond motifs is 1. The first kappa shape index (κ1) is 10.3. The lowest BCUT2D eigenvalue weighted by Crippen LogP contribution is -2.27. The van der Waals surface area contributed by atoms with Crippen LogP contribution in [0.1, 0.15) is 17.5 Å². The first-order valence-corrected chi connectivity index (χ1v) is 5.94. The van der Waals surface area contributed by atoms with Gasteiger partial charge in [0.25, 0.3) is 0 Å². The summed E-state index contributed by atoms with van der Waals surface area (Å²) < 4.78 is 11.7. The second-order valence-corrected chi connectivity index (χ2v) is 4.51. The molecule has 3 nitrogen and oxygen atoms in total. The Morgan fingerprint density at radius 1 is 1.06 bits per heavy atom. The quantitative estimate of drug-likeness (QED) is 0.779. The number of hydrogen-bond acceptors (Lipinski definition) is 3. The van der Waals surface area contributed by atoms with E-state index in [1.54, 1.807) is 0 Å². The molecule has 1 atom stereocenters. The number of ether oxygens (including phenoxy) is 2. The summed E-state index contributed by atoms with van der Waals surface area (Å²) in [4.78, 5) is 0. The molecule has 2 heterocycles. The van der Waals surface area contributed by atoms with Crippen molar-refractivity contribution in [2.24, 2.45) is 5.92 Å². The molecule has 1 aromatic rings. The first-order chi connectivity index (χ1) is 7.93. The molecule has 0 bridgehead atoms. The molecular weight excluding hydrogens is 202 g/mol. The molecule has 0 aromatic heterocycles. The van der Waals surface area contributed by atoms with E-state index >= 15 is 0 Å². The molecule has 0 amide bonds. The average molecular weight is 219 g/mol. The zero-order chi connectivity index (χ0) is 10.8. The van der Waals surface area contributed by atoms with Crippen molar-refractivity contribution in [3.63, 3.8) is 0 Å². The summed E-state index contributed by atoms with van der Waals surface area (Å²) in [6.07, 6.45) is 1.11. The lowest BCUT2D eigenvalue weighted by Gasteiger charge is -2.20. The molecule has 1 unspecified atom stereocenters. The smallest absolute Gasteiger partial charge is 0.162 e. The van der Waals surface area contributed by atoms with E-state index in [9.17, 15) is 0 Å². The summed E-state index contributed by atoms with van der Waals surface area (Å²) in [5.41, 5.74) is 2.52. The largest absolute Gasteiger partial charge is 0.348 e. The van der Waals surface area contributed by atoms with E-state index in [4.69, 9.17) is 9.47 Å². The Morgan fingerprint density at radius 2 is 1.75 bits per heavy atom. The van der Waals surface area contributed by atoms with E-state index in [-0.39, 0.29) is 6.29 Å². The van der Waals surface area contributed by atoms with Gasteiger partial charge in [-0.3, -0.25) is 0 Å². The van der Waals surface area contributed by atoms with Crippen molar-refractivity contribution in [1.29, 1.82) is 0 Å². The third-order valence-electron chi connectivity index (χ3n) is 3.41. The minimum atomic E-state index is -0.0394. The molecule has 2 aliphatic heterocycles. The fraction of sp³-hybridized carbons (Fsp3) is 0.538. The SMILES string of the molecule is c1ccc2c(c1)COC(C1CCNC1)OC2. The second-order valence-electron chi connectivity index (χ2n) is 4.51. The molecule has 0 aliphatic carbocycles. The highest BCUT2D eigenvalue weighted by Crippen LogP contribution is 2.24. The molecule has 0 spiro atoms. The van der Waals surface area contributed by atoms with Crippen LogP contribution >= 0.6 is 0 Å². The maximum atomic E-state index is 5.85.